The van der Waals surface area contributed by atoms with E-state index in [-0.39, 0.29) is 30.3 Å². The minimum absolute atomic E-state index is 0.0105. The van der Waals surface area contributed by atoms with Gasteiger partial charge < -0.3 is 14.4 Å². The number of rotatable bonds is 8. The van der Waals surface area contributed by atoms with E-state index in [4.69, 9.17) is 9.47 Å². The molecule has 1 aliphatic heterocycles. The Kier molecular flexibility index (Phi) is 7.65. The lowest BCUT2D eigenvalue weighted by Gasteiger charge is -2.36. The van der Waals surface area contributed by atoms with Gasteiger partial charge in [0.15, 0.2) is 5.78 Å². The second kappa shape index (κ2) is 11.0. The van der Waals surface area contributed by atoms with Gasteiger partial charge in [0.05, 0.1) is 12.5 Å². The van der Waals surface area contributed by atoms with E-state index < -0.39 is 0 Å². The predicted octanol–water partition coefficient (Wildman–Crippen LogP) is 4.80. The summed E-state index contributed by atoms with van der Waals surface area (Å²) in [6.07, 6.45) is 4.89. The summed E-state index contributed by atoms with van der Waals surface area (Å²) in [6, 6.07) is 16.5. The number of ether oxygens (including phenoxy) is 2. The number of ketones is 1. The van der Waals surface area contributed by atoms with Crippen LogP contribution in [0.5, 0.6) is 5.75 Å². The van der Waals surface area contributed by atoms with E-state index in [0.717, 1.165) is 16.7 Å². The van der Waals surface area contributed by atoms with E-state index in [1.165, 1.54) is 6.20 Å². The first-order valence-electron chi connectivity index (χ1n) is 11.8. The molecule has 1 fully saturated rings. The van der Waals surface area contributed by atoms with Crippen LogP contribution in [0.2, 0.25) is 0 Å². The van der Waals surface area contributed by atoms with Crippen LogP contribution in [0, 0.1) is 11.8 Å². The molecule has 1 aromatic heterocycles. The Morgan fingerprint density at radius 1 is 1.20 bits per heavy atom. The normalized spacial score (nSPS) is 17.7. The van der Waals surface area contributed by atoms with E-state index in [9.17, 15) is 14.8 Å². The number of fused-ring (bicyclic) bond motifs is 1. The van der Waals surface area contributed by atoms with Crippen molar-refractivity contribution in [3.05, 3.63) is 84.6 Å². The molecule has 2 aromatic carbocycles. The minimum atomic E-state index is -0.322. The quantitative estimate of drug-likeness (QED) is 0.219. The summed E-state index contributed by atoms with van der Waals surface area (Å²) in [5, 5.41) is 10.8. The molecule has 1 N–H and O–H groups in total. The number of amides is 1. The Morgan fingerprint density at radius 3 is 2.74 bits per heavy atom. The van der Waals surface area contributed by atoms with E-state index in [2.05, 4.69) is 6.58 Å². The molecular weight excluding hydrogens is 444 g/mol. The van der Waals surface area contributed by atoms with Crippen molar-refractivity contribution in [1.82, 2.24) is 4.90 Å². The maximum absolute atomic E-state index is 13.2. The van der Waals surface area contributed by atoms with Gasteiger partial charge in [0.25, 0.3) is 5.52 Å². The lowest BCUT2D eigenvalue weighted by atomic mass is 9.81. The summed E-state index contributed by atoms with van der Waals surface area (Å²) in [6.45, 7) is 5.34. The minimum Gasteiger partial charge on any atom is -0.497 e. The number of likely N-dealkylation sites (tertiary alicyclic amines) is 1. The van der Waals surface area contributed by atoms with Gasteiger partial charge in [0.2, 0.25) is 6.20 Å². The van der Waals surface area contributed by atoms with Crippen LogP contribution in [0.4, 0.5) is 4.79 Å². The number of hydrogen-bond acceptors (Lipinski definition) is 5. The number of nitrogens with zero attached hydrogens (tertiary/aromatic N) is 2. The first kappa shape index (κ1) is 24.3. The molecule has 1 saturated heterocycles. The van der Waals surface area contributed by atoms with E-state index in [1.54, 1.807) is 36.3 Å². The number of pyridine rings is 1. The highest BCUT2D eigenvalue weighted by molar-refractivity contribution is 6.06. The van der Waals surface area contributed by atoms with Gasteiger partial charge in [-0.15, -0.1) is 6.58 Å². The number of carbonyl (C=O) groups excluding carboxylic acids is 2. The average molecular weight is 476 g/mol. The third-order valence-electron chi connectivity index (χ3n) is 6.74. The van der Waals surface area contributed by atoms with Gasteiger partial charge in [-0.25, -0.2) is 4.79 Å². The van der Waals surface area contributed by atoms with Gasteiger partial charge in [0.1, 0.15) is 12.4 Å². The molecule has 0 radical (unpaired) electrons. The zero-order chi connectivity index (χ0) is 24.8. The molecule has 2 atom stereocenters. The van der Waals surface area contributed by atoms with E-state index >= 15 is 0 Å². The third-order valence-corrected chi connectivity index (χ3v) is 6.74. The molecular formula is C28H31N2O5+. The summed E-state index contributed by atoms with van der Waals surface area (Å²) >= 11 is 0. The maximum Gasteiger partial charge on any atom is 0.410 e. The third kappa shape index (κ3) is 5.62. The van der Waals surface area contributed by atoms with Crippen LogP contribution in [0.1, 0.15) is 35.2 Å². The summed E-state index contributed by atoms with van der Waals surface area (Å²) < 4.78 is 11.8. The molecule has 35 heavy (non-hydrogen) atoms. The second-order valence-corrected chi connectivity index (χ2v) is 8.85. The van der Waals surface area contributed by atoms with E-state index in [1.807, 2.05) is 36.4 Å². The van der Waals surface area contributed by atoms with Gasteiger partial charge in [-0.2, -0.15) is 0 Å². The molecule has 0 aliphatic carbocycles. The number of Topliss-reactive ketones (excluding diaryl/α,β-unsaturated/α-hetero) is 1. The molecule has 0 bridgehead atoms. The first-order valence-corrected chi connectivity index (χ1v) is 11.8. The van der Waals surface area contributed by atoms with Crippen molar-refractivity contribution in [3.8, 4) is 5.75 Å². The van der Waals surface area contributed by atoms with Gasteiger partial charge in [-0.05, 0) is 42.4 Å². The van der Waals surface area contributed by atoms with Crippen LogP contribution in [0.25, 0.3) is 10.9 Å². The molecule has 7 heteroatoms. The van der Waals surface area contributed by atoms with Gasteiger partial charge in [-0.3, -0.25) is 10.0 Å². The number of piperidine rings is 1. The van der Waals surface area contributed by atoms with Crippen molar-refractivity contribution < 1.29 is 29.0 Å². The fraction of sp³-hybridized carbons (Fsp3) is 0.321. The molecule has 2 heterocycles. The summed E-state index contributed by atoms with van der Waals surface area (Å²) in [5.74, 6) is 0.974. The van der Waals surface area contributed by atoms with Gasteiger partial charge in [0, 0.05) is 41.9 Å². The van der Waals surface area contributed by atoms with Crippen molar-refractivity contribution in [1.29, 1.82) is 0 Å². The van der Waals surface area contributed by atoms with Crippen molar-refractivity contribution in [3.63, 3.8) is 0 Å². The summed E-state index contributed by atoms with van der Waals surface area (Å²) in [5.41, 5.74) is 2.05. The molecule has 7 nitrogen and oxygen atoms in total. The Morgan fingerprint density at radius 2 is 2.00 bits per heavy atom. The molecule has 0 spiro atoms. The molecule has 3 aromatic rings. The lowest BCUT2D eigenvalue weighted by Crippen LogP contribution is -2.43. The molecule has 1 aliphatic rings. The second-order valence-electron chi connectivity index (χ2n) is 8.85. The van der Waals surface area contributed by atoms with Crippen LogP contribution in [0.15, 0.2) is 73.4 Å². The fourth-order valence-electron chi connectivity index (χ4n) is 4.70. The van der Waals surface area contributed by atoms with Crippen molar-refractivity contribution >= 4 is 22.8 Å². The number of carbonyl (C=O) groups is 2. The standard InChI is InChI=1S/C28H31N2O5/c1-3-21-18-29(28(32)35-19-20-7-5-4-6-8-20)15-13-22(21)9-12-27(31)24-14-16-30(33)26-11-10-23(34-2)17-25(24)26/h3-8,10-11,14,16-17,21-22,33H,1,9,12-13,15,18-19H2,2H3/q+1/t21-,22+/m0/s1. The fourth-order valence-corrected chi connectivity index (χ4v) is 4.70. The van der Waals surface area contributed by atoms with Crippen LogP contribution < -0.4 is 9.47 Å². The van der Waals surface area contributed by atoms with Crippen LogP contribution >= 0.6 is 0 Å². The number of aromatic nitrogens is 1. The highest BCUT2D eigenvalue weighted by atomic mass is 16.6. The highest BCUT2D eigenvalue weighted by Crippen LogP contribution is 2.30. The summed E-state index contributed by atoms with van der Waals surface area (Å²) in [4.78, 5) is 27.5. The predicted molar refractivity (Wildman–Crippen MR) is 131 cm³/mol. The molecule has 4 rings (SSSR count). The van der Waals surface area contributed by atoms with Gasteiger partial charge >= 0.3 is 6.09 Å². The van der Waals surface area contributed by atoms with E-state index in [0.29, 0.717) is 48.1 Å². The zero-order valence-corrected chi connectivity index (χ0v) is 19.9. The largest absolute Gasteiger partial charge is 0.497 e. The lowest BCUT2D eigenvalue weighted by molar-refractivity contribution is -0.884. The molecule has 1 amide bonds. The molecule has 182 valence electrons. The monoisotopic (exact) mass is 475 g/mol. The number of methoxy groups -OCH3 is 1. The molecule has 0 saturated carbocycles. The van der Waals surface area contributed by atoms with Crippen LogP contribution in [0.3, 0.4) is 0 Å². The summed E-state index contributed by atoms with van der Waals surface area (Å²) in [7, 11) is 1.57. The highest BCUT2D eigenvalue weighted by Gasteiger charge is 2.31. The van der Waals surface area contributed by atoms with Crippen LogP contribution in [-0.2, 0) is 11.3 Å². The van der Waals surface area contributed by atoms with Crippen molar-refractivity contribution in [2.24, 2.45) is 11.8 Å². The van der Waals surface area contributed by atoms with Crippen molar-refractivity contribution in [2.75, 3.05) is 20.2 Å². The number of hydrogen-bond donors (Lipinski definition) is 1. The smallest absolute Gasteiger partial charge is 0.410 e. The Hall–Kier alpha value is -3.87. The SMILES string of the molecule is C=C[C@H]1CN(C(=O)OCc2ccccc2)CC[C@H]1CCC(=O)c1cc[n+](O)c2ccc(OC)cc12. The van der Waals surface area contributed by atoms with Crippen LogP contribution in [-0.4, -0.2) is 42.2 Å². The Bertz CT molecular complexity index is 1210. The maximum atomic E-state index is 13.2. The van der Waals surface area contributed by atoms with Crippen molar-refractivity contribution in [2.45, 2.75) is 25.9 Å². The Labute approximate surface area is 205 Å². The Balaban J connectivity index is 1.36. The average Bonchev–Trinajstić information content (AvgIpc) is 2.90. The molecule has 0 unspecified atom stereocenters. The topological polar surface area (TPSA) is 80.0 Å². The zero-order valence-electron chi connectivity index (χ0n) is 19.9. The number of benzene rings is 2. The van der Waals surface area contributed by atoms with Gasteiger partial charge in [-0.1, -0.05) is 36.4 Å². The first-order chi connectivity index (χ1) is 17.0.